The third kappa shape index (κ3) is 3.89. The lowest BCUT2D eigenvalue weighted by Gasteiger charge is -2.24. The van der Waals surface area contributed by atoms with Gasteiger partial charge in [0.15, 0.2) is 0 Å². The molecule has 0 bridgehead atoms. The quantitative estimate of drug-likeness (QED) is 0.289. The third-order valence-electron chi connectivity index (χ3n) is 6.37. The fourth-order valence-corrected chi connectivity index (χ4v) is 4.33. The molecule has 6 nitrogen and oxygen atoms in total. The summed E-state index contributed by atoms with van der Waals surface area (Å²) in [6, 6.07) is 13.5. The van der Waals surface area contributed by atoms with Crippen molar-refractivity contribution in [2.45, 2.75) is 46.6 Å². The van der Waals surface area contributed by atoms with Crippen molar-refractivity contribution in [2.75, 3.05) is 12.0 Å². The number of aliphatic hydroxyl groups excluding tert-OH is 1. The van der Waals surface area contributed by atoms with Crippen LogP contribution in [0.1, 0.15) is 59.6 Å². The minimum Gasteiger partial charge on any atom is -0.507 e. The summed E-state index contributed by atoms with van der Waals surface area (Å²) >= 11 is 0. The molecule has 4 rings (SSSR count). The van der Waals surface area contributed by atoms with Crippen molar-refractivity contribution in [1.29, 1.82) is 0 Å². The number of aliphatic hydroxyl groups is 1. The molecule has 1 atom stereocenters. The van der Waals surface area contributed by atoms with Crippen LogP contribution in [-0.4, -0.2) is 23.9 Å². The molecule has 1 aliphatic rings. The van der Waals surface area contributed by atoms with Gasteiger partial charge in [-0.25, -0.2) is 0 Å². The Bertz CT molecular complexity index is 1310. The Morgan fingerprint density at radius 3 is 2.32 bits per heavy atom. The Labute approximate surface area is 199 Å². The lowest BCUT2D eigenvalue weighted by Crippen LogP contribution is -2.29. The van der Waals surface area contributed by atoms with Crippen molar-refractivity contribution in [1.82, 2.24) is 0 Å². The number of ketones is 1. The molecule has 1 aromatic heterocycles. The number of Topliss-reactive ketones (excluding diaryl/α,β-unsaturated/α-hetero) is 1. The first-order valence-corrected chi connectivity index (χ1v) is 11.3. The summed E-state index contributed by atoms with van der Waals surface area (Å²) in [6.45, 7) is 9.77. The molecule has 0 radical (unpaired) electrons. The predicted molar refractivity (Wildman–Crippen MR) is 131 cm³/mol. The molecule has 2 aromatic carbocycles. The van der Waals surface area contributed by atoms with Crippen LogP contribution in [0, 0.1) is 20.8 Å². The molecular formula is C28H29NO5. The molecule has 1 amide bonds. The van der Waals surface area contributed by atoms with Gasteiger partial charge in [0.1, 0.15) is 29.1 Å². The number of furan rings is 1. The lowest BCUT2D eigenvalue weighted by molar-refractivity contribution is -0.132. The van der Waals surface area contributed by atoms with E-state index in [9.17, 15) is 14.7 Å². The molecule has 34 heavy (non-hydrogen) atoms. The number of carbonyl (C=O) groups is 2. The van der Waals surface area contributed by atoms with Gasteiger partial charge in [-0.3, -0.25) is 14.5 Å². The van der Waals surface area contributed by atoms with E-state index in [1.165, 1.54) is 4.90 Å². The van der Waals surface area contributed by atoms with E-state index in [1.807, 2.05) is 39.8 Å². The van der Waals surface area contributed by atoms with E-state index < -0.39 is 17.7 Å². The highest BCUT2D eigenvalue weighted by atomic mass is 16.5. The zero-order valence-electron chi connectivity index (χ0n) is 20.3. The molecule has 1 aliphatic heterocycles. The third-order valence-corrected chi connectivity index (χ3v) is 6.37. The SMILES string of the molecule is COc1ccc(/C(O)=C2/C(=O)C(=O)N(c3ccc(C)c(C)c3)C2c2ccc(C)o2)cc1C(C)C. The van der Waals surface area contributed by atoms with Gasteiger partial charge >= 0.3 is 0 Å². The highest BCUT2D eigenvalue weighted by molar-refractivity contribution is 6.51. The minimum absolute atomic E-state index is 0.00236. The fraction of sp³-hybridized carbons (Fsp3) is 0.286. The van der Waals surface area contributed by atoms with Gasteiger partial charge in [-0.1, -0.05) is 19.9 Å². The predicted octanol–water partition coefficient (Wildman–Crippen LogP) is 5.96. The number of benzene rings is 2. The molecular weight excluding hydrogens is 430 g/mol. The van der Waals surface area contributed by atoms with E-state index in [4.69, 9.17) is 9.15 Å². The summed E-state index contributed by atoms with van der Waals surface area (Å²) in [5.74, 6) is 0.178. The van der Waals surface area contributed by atoms with Gasteiger partial charge in [0, 0.05) is 11.3 Å². The number of nitrogens with zero attached hydrogens (tertiary/aromatic N) is 1. The smallest absolute Gasteiger partial charge is 0.300 e. The number of carbonyl (C=O) groups excluding carboxylic acids is 2. The van der Waals surface area contributed by atoms with Crippen molar-refractivity contribution in [3.05, 3.63) is 87.9 Å². The van der Waals surface area contributed by atoms with Crippen LogP contribution in [0.25, 0.3) is 5.76 Å². The number of anilines is 1. The van der Waals surface area contributed by atoms with Gasteiger partial charge < -0.3 is 14.3 Å². The molecule has 1 saturated heterocycles. The van der Waals surface area contributed by atoms with Crippen molar-refractivity contribution >= 4 is 23.1 Å². The first kappa shape index (κ1) is 23.4. The van der Waals surface area contributed by atoms with Gasteiger partial charge in [0.05, 0.1) is 12.7 Å². The summed E-state index contributed by atoms with van der Waals surface area (Å²) in [5, 5.41) is 11.4. The zero-order valence-corrected chi connectivity index (χ0v) is 20.3. The summed E-state index contributed by atoms with van der Waals surface area (Å²) in [5.41, 5.74) is 3.96. The van der Waals surface area contributed by atoms with Crippen molar-refractivity contribution < 1.29 is 23.8 Å². The van der Waals surface area contributed by atoms with Crippen LogP contribution in [0.15, 0.2) is 58.5 Å². The van der Waals surface area contributed by atoms with Crippen molar-refractivity contribution in [3.63, 3.8) is 0 Å². The van der Waals surface area contributed by atoms with E-state index in [2.05, 4.69) is 0 Å². The molecule has 3 aromatic rings. The Balaban J connectivity index is 1.94. The molecule has 0 spiro atoms. The minimum atomic E-state index is -0.889. The topological polar surface area (TPSA) is 80.0 Å². The van der Waals surface area contributed by atoms with Gasteiger partial charge in [-0.05, 0) is 85.8 Å². The first-order valence-electron chi connectivity index (χ1n) is 11.3. The highest BCUT2D eigenvalue weighted by Gasteiger charge is 2.48. The Morgan fingerprint density at radius 1 is 1.00 bits per heavy atom. The Hall–Kier alpha value is -3.80. The van der Waals surface area contributed by atoms with Crippen LogP contribution in [0.4, 0.5) is 5.69 Å². The highest BCUT2D eigenvalue weighted by Crippen LogP contribution is 2.43. The van der Waals surface area contributed by atoms with Gasteiger partial charge in [-0.2, -0.15) is 0 Å². The van der Waals surface area contributed by atoms with E-state index in [0.717, 1.165) is 16.7 Å². The van der Waals surface area contributed by atoms with Gasteiger partial charge in [0.2, 0.25) is 0 Å². The lowest BCUT2D eigenvalue weighted by atomic mass is 9.95. The molecule has 0 aliphatic carbocycles. The maximum absolute atomic E-state index is 13.3. The summed E-state index contributed by atoms with van der Waals surface area (Å²) < 4.78 is 11.3. The van der Waals surface area contributed by atoms with Crippen LogP contribution in [0.5, 0.6) is 5.75 Å². The number of amides is 1. The molecule has 1 fully saturated rings. The summed E-state index contributed by atoms with van der Waals surface area (Å²) in [7, 11) is 1.59. The van der Waals surface area contributed by atoms with Crippen LogP contribution >= 0.6 is 0 Å². The maximum Gasteiger partial charge on any atom is 0.300 e. The number of methoxy groups -OCH3 is 1. The van der Waals surface area contributed by atoms with Crippen LogP contribution < -0.4 is 9.64 Å². The molecule has 1 unspecified atom stereocenters. The fourth-order valence-electron chi connectivity index (χ4n) is 4.33. The van der Waals surface area contributed by atoms with Crippen molar-refractivity contribution in [2.24, 2.45) is 0 Å². The number of aryl methyl sites for hydroxylation is 3. The second-order valence-electron chi connectivity index (χ2n) is 9.00. The van der Waals surface area contributed by atoms with Crippen LogP contribution in [0.3, 0.4) is 0 Å². The molecule has 2 heterocycles. The van der Waals surface area contributed by atoms with E-state index in [-0.39, 0.29) is 17.3 Å². The number of ether oxygens (including phenoxy) is 1. The Kier molecular flexibility index (Phi) is 6.09. The average molecular weight is 460 g/mol. The van der Waals surface area contributed by atoms with Crippen molar-refractivity contribution in [3.8, 4) is 5.75 Å². The van der Waals surface area contributed by atoms with Crippen LogP contribution in [0.2, 0.25) is 0 Å². The molecule has 0 saturated carbocycles. The van der Waals surface area contributed by atoms with E-state index in [0.29, 0.717) is 28.5 Å². The maximum atomic E-state index is 13.3. The number of rotatable bonds is 5. The molecule has 176 valence electrons. The van der Waals surface area contributed by atoms with Gasteiger partial charge in [-0.15, -0.1) is 0 Å². The second kappa shape index (κ2) is 8.86. The standard InChI is InChI=1S/C28H29NO5/c1-15(2)21-14-19(9-12-22(21)33-6)26(30)24-25(23-11-8-18(5)34-23)29(28(32)27(24)31)20-10-7-16(3)17(4)13-20/h7-15,25,30H,1-6H3/b26-24-. The second-order valence-corrected chi connectivity index (χ2v) is 9.00. The normalized spacial score (nSPS) is 17.6. The zero-order chi connectivity index (χ0) is 24.7. The summed E-state index contributed by atoms with van der Waals surface area (Å²) in [6.07, 6.45) is 0. The van der Waals surface area contributed by atoms with E-state index in [1.54, 1.807) is 50.4 Å². The number of hydrogen-bond donors (Lipinski definition) is 1. The monoisotopic (exact) mass is 459 g/mol. The molecule has 1 N–H and O–H groups in total. The summed E-state index contributed by atoms with van der Waals surface area (Å²) in [4.78, 5) is 28.0. The molecule has 6 heteroatoms. The number of hydrogen-bond acceptors (Lipinski definition) is 5. The Morgan fingerprint density at radius 2 is 1.74 bits per heavy atom. The average Bonchev–Trinajstić information content (AvgIpc) is 3.35. The van der Waals surface area contributed by atoms with Crippen LogP contribution in [-0.2, 0) is 9.59 Å². The first-order chi connectivity index (χ1) is 16.1. The van der Waals surface area contributed by atoms with E-state index >= 15 is 0 Å². The van der Waals surface area contributed by atoms with Gasteiger partial charge in [0.25, 0.3) is 11.7 Å². The largest absolute Gasteiger partial charge is 0.507 e.